The third-order valence-corrected chi connectivity index (χ3v) is 3.62. The standard InChI is InChI=1S/C12H18N4O2/c1-8(2)10(5-13)11(17)15-3-4-16-9(7-15)6-14-12(16)18/h8-10H,3-4,6-7H2,1-2H3,(H,14,18). The molecule has 2 saturated heterocycles. The maximum absolute atomic E-state index is 12.2. The number of carbonyl (C=O) groups is 2. The molecule has 0 aromatic carbocycles. The summed E-state index contributed by atoms with van der Waals surface area (Å²) >= 11 is 0. The number of piperazine rings is 1. The smallest absolute Gasteiger partial charge is 0.317 e. The van der Waals surface area contributed by atoms with E-state index in [1.54, 1.807) is 9.80 Å². The van der Waals surface area contributed by atoms with Crippen LogP contribution in [0, 0.1) is 23.2 Å². The number of hydrogen-bond acceptors (Lipinski definition) is 3. The van der Waals surface area contributed by atoms with Gasteiger partial charge in [0.25, 0.3) is 0 Å². The molecule has 2 atom stereocenters. The van der Waals surface area contributed by atoms with Gasteiger partial charge in [-0.2, -0.15) is 5.26 Å². The fraction of sp³-hybridized carbons (Fsp3) is 0.750. The van der Waals surface area contributed by atoms with Gasteiger partial charge in [0.2, 0.25) is 5.91 Å². The molecular weight excluding hydrogens is 232 g/mol. The van der Waals surface area contributed by atoms with Gasteiger partial charge in [-0.1, -0.05) is 13.8 Å². The zero-order chi connectivity index (χ0) is 13.3. The van der Waals surface area contributed by atoms with Crippen LogP contribution in [0.4, 0.5) is 4.79 Å². The van der Waals surface area contributed by atoms with Crippen LogP contribution in [0.25, 0.3) is 0 Å². The summed E-state index contributed by atoms with van der Waals surface area (Å²) in [6.07, 6.45) is 0. The summed E-state index contributed by atoms with van der Waals surface area (Å²) < 4.78 is 0. The Morgan fingerprint density at radius 2 is 2.22 bits per heavy atom. The van der Waals surface area contributed by atoms with E-state index in [0.717, 1.165) is 0 Å². The van der Waals surface area contributed by atoms with Gasteiger partial charge >= 0.3 is 6.03 Å². The molecule has 0 bridgehead atoms. The number of urea groups is 1. The first-order valence-corrected chi connectivity index (χ1v) is 6.27. The predicted octanol–water partition coefficient (Wildman–Crippen LogP) is 0.0182. The molecule has 98 valence electrons. The molecule has 6 nitrogen and oxygen atoms in total. The molecule has 0 spiro atoms. The van der Waals surface area contributed by atoms with Crippen LogP contribution >= 0.6 is 0 Å². The average molecular weight is 250 g/mol. The van der Waals surface area contributed by atoms with Crippen molar-refractivity contribution in [2.24, 2.45) is 11.8 Å². The van der Waals surface area contributed by atoms with E-state index in [2.05, 4.69) is 11.4 Å². The van der Waals surface area contributed by atoms with Gasteiger partial charge in [-0.25, -0.2) is 4.79 Å². The highest BCUT2D eigenvalue weighted by Crippen LogP contribution is 2.19. The van der Waals surface area contributed by atoms with Crippen molar-refractivity contribution in [2.75, 3.05) is 26.2 Å². The Hall–Kier alpha value is -1.77. The third-order valence-electron chi connectivity index (χ3n) is 3.62. The minimum absolute atomic E-state index is 0.0175. The second kappa shape index (κ2) is 4.84. The Kier molecular flexibility index (Phi) is 3.41. The first-order chi connectivity index (χ1) is 8.54. The molecule has 0 aromatic heterocycles. The summed E-state index contributed by atoms with van der Waals surface area (Å²) in [5.41, 5.74) is 0. The van der Waals surface area contributed by atoms with E-state index in [1.165, 1.54) is 0 Å². The lowest BCUT2D eigenvalue weighted by molar-refractivity contribution is -0.137. The lowest BCUT2D eigenvalue weighted by Crippen LogP contribution is -2.55. The van der Waals surface area contributed by atoms with Crippen LogP contribution < -0.4 is 5.32 Å². The van der Waals surface area contributed by atoms with Crippen molar-refractivity contribution in [3.63, 3.8) is 0 Å². The van der Waals surface area contributed by atoms with Crippen LogP contribution in [0.1, 0.15) is 13.8 Å². The first-order valence-electron chi connectivity index (χ1n) is 6.27. The van der Waals surface area contributed by atoms with E-state index in [4.69, 9.17) is 5.26 Å². The second-order valence-electron chi connectivity index (χ2n) is 5.17. The molecule has 2 aliphatic heterocycles. The van der Waals surface area contributed by atoms with Crippen molar-refractivity contribution < 1.29 is 9.59 Å². The Morgan fingerprint density at radius 1 is 1.50 bits per heavy atom. The first kappa shape index (κ1) is 12.7. The van der Waals surface area contributed by atoms with Crippen molar-refractivity contribution in [1.82, 2.24) is 15.1 Å². The van der Waals surface area contributed by atoms with E-state index in [9.17, 15) is 9.59 Å². The van der Waals surface area contributed by atoms with Gasteiger partial charge in [-0.3, -0.25) is 4.79 Å². The van der Waals surface area contributed by atoms with Gasteiger partial charge in [-0.15, -0.1) is 0 Å². The summed E-state index contributed by atoms with van der Waals surface area (Å²) in [7, 11) is 0. The Morgan fingerprint density at radius 3 is 2.83 bits per heavy atom. The average Bonchev–Trinajstić information content (AvgIpc) is 2.71. The summed E-state index contributed by atoms with van der Waals surface area (Å²) in [5, 5.41) is 11.8. The van der Waals surface area contributed by atoms with Crippen molar-refractivity contribution in [3.05, 3.63) is 0 Å². The van der Waals surface area contributed by atoms with Crippen LogP contribution in [0.3, 0.4) is 0 Å². The maximum atomic E-state index is 12.2. The number of fused-ring (bicyclic) bond motifs is 1. The highest BCUT2D eigenvalue weighted by atomic mass is 16.2. The van der Waals surface area contributed by atoms with Crippen LogP contribution in [-0.4, -0.2) is 54.0 Å². The van der Waals surface area contributed by atoms with Gasteiger partial charge in [0.05, 0.1) is 12.1 Å². The van der Waals surface area contributed by atoms with Gasteiger partial charge < -0.3 is 15.1 Å². The van der Waals surface area contributed by atoms with Gasteiger partial charge in [0.1, 0.15) is 5.92 Å². The predicted molar refractivity (Wildman–Crippen MR) is 64.4 cm³/mol. The molecule has 2 aliphatic rings. The Labute approximate surface area is 107 Å². The second-order valence-corrected chi connectivity index (χ2v) is 5.17. The molecule has 18 heavy (non-hydrogen) atoms. The molecule has 0 aliphatic carbocycles. The minimum atomic E-state index is -0.582. The number of nitriles is 1. The van der Waals surface area contributed by atoms with Crippen LogP contribution in [-0.2, 0) is 4.79 Å². The van der Waals surface area contributed by atoms with Crippen molar-refractivity contribution >= 4 is 11.9 Å². The SMILES string of the molecule is CC(C)C(C#N)C(=O)N1CCN2C(=O)NCC2C1. The fourth-order valence-electron chi connectivity index (χ4n) is 2.49. The van der Waals surface area contributed by atoms with Gasteiger partial charge in [0, 0.05) is 26.2 Å². The number of nitrogens with zero attached hydrogens (tertiary/aromatic N) is 3. The maximum Gasteiger partial charge on any atom is 0.317 e. The molecule has 6 heteroatoms. The minimum Gasteiger partial charge on any atom is -0.338 e. The molecule has 2 heterocycles. The van der Waals surface area contributed by atoms with E-state index in [-0.39, 0.29) is 23.9 Å². The molecule has 2 fully saturated rings. The monoisotopic (exact) mass is 250 g/mol. The van der Waals surface area contributed by atoms with E-state index < -0.39 is 5.92 Å². The number of amides is 3. The fourth-order valence-corrected chi connectivity index (χ4v) is 2.49. The van der Waals surface area contributed by atoms with Crippen LogP contribution in [0.5, 0.6) is 0 Å². The van der Waals surface area contributed by atoms with Gasteiger partial charge in [-0.05, 0) is 5.92 Å². The number of hydrogen-bond donors (Lipinski definition) is 1. The van der Waals surface area contributed by atoms with Crippen molar-refractivity contribution in [2.45, 2.75) is 19.9 Å². The number of nitrogens with one attached hydrogen (secondary N) is 1. The zero-order valence-corrected chi connectivity index (χ0v) is 10.7. The molecule has 3 amide bonds. The molecule has 0 saturated carbocycles. The third kappa shape index (κ3) is 2.13. The lowest BCUT2D eigenvalue weighted by Gasteiger charge is -2.37. The van der Waals surface area contributed by atoms with Crippen molar-refractivity contribution in [1.29, 1.82) is 5.26 Å². The molecule has 2 unspecified atom stereocenters. The topological polar surface area (TPSA) is 76.4 Å². The Balaban J connectivity index is 2.02. The lowest BCUT2D eigenvalue weighted by atomic mass is 9.95. The highest BCUT2D eigenvalue weighted by molar-refractivity contribution is 5.82. The number of rotatable bonds is 2. The quantitative estimate of drug-likeness (QED) is 0.750. The summed E-state index contributed by atoms with van der Waals surface area (Å²) in [6, 6.07) is 2.09. The summed E-state index contributed by atoms with van der Waals surface area (Å²) in [5.74, 6) is -0.669. The Bertz CT molecular complexity index is 401. The highest BCUT2D eigenvalue weighted by Gasteiger charge is 2.38. The van der Waals surface area contributed by atoms with Crippen LogP contribution in [0.2, 0.25) is 0 Å². The molecule has 1 N–H and O–H groups in total. The summed E-state index contributed by atoms with van der Waals surface area (Å²) in [4.78, 5) is 27.1. The largest absolute Gasteiger partial charge is 0.338 e. The van der Waals surface area contributed by atoms with Crippen molar-refractivity contribution in [3.8, 4) is 6.07 Å². The van der Waals surface area contributed by atoms with E-state index in [1.807, 2.05) is 13.8 Å². The zero-order valence-electron chi connectivity index (χ0n) is 10.7. The molecule has 0 radical (unpaired) electrons. The molecule has 0 aromatic rings. The van der Waals surface area contributed by atoms with E-state index >= 15 is 0 Å². The summed E-state index contributed by atoms with van der Waals surface area (Å²) in [6.45, 7) is 5.95. The van der Waals surface area contributed by atoms with E-state index in [0.29, 0.717) is 26.2 Å². The van der Waals surface area contributed by atoms with Gasteiger partial charge in [0.15, 0.2) is 0 Å². The number of carbonyl (C=O) groups excluding carboxylic acids is 2. The molecule has 2 rings (SSSR count). The molecular formula is C12H18N4O2. The van der Waals surface area contributed by atoms with Crippen LogP contribution in [0.15, 0.2) is 0 Å². The normalized spacial score (nSPS) is 24.6.